The van der Waals surface area contributed by atoms with Crippen molar-refractivity contribution >= 4 is 23.0 Å². The zero-order valence-corrected chi connectivity index (χ0v) is 19.3. The van der Waals surface area contributed by atoms with Crippen LogP contribution in [0.25, 0.3) is 0 Å². The lowest BCUT2D eigenvalue weighted by Gasteiger charge is -2.28. The molecule has 2 atom stereocenters. The average molecular weight is 458 g/mol. The molecule has 7 heteroatoms. The smallest absolute Gasteiger partial charge is 0.174 e. The van der Waals surface area contributed by atoms with Gasteiger partial charge >= 0.3 is 0 Å². The Labute approximate surface area is 197 Å². The van der Waals surface area contributed by atoms with Gasteiger partial charge in [0.2, 0.25) is 0 Å². The van der Waals surface area contributed by atoms with E-state index in [2.05, 4.69) is 39.8 Å². The van der Waals surface area contributed by atoms with Gasteiger partial charge in [-0.15, -0.1) is 0 Å². The molecule has 1 aliphatic rings. The number of hydrogen-bond acceptors (Lipinski definition) is 3. The van der Waals surface area contributed by atoms with Crippen LogP contribution in [0.15, 0.2) is 79.3 Å². The number of hydrogen-bond donors (Lipinski definition) is 1. The molecule has 0 amide bonds. The Morgan fingerprint density at radius 3 is 2.48 bits per heavy atom. The van der Waals surface area contributed by atoms with Crippen molar-refractivity contribution in [1.82, 2.24) is 19.9 Å². The van der Waals surface area contributed by atoms with Gasteiger partial charge in [-0.1, -0.05) is 18.2 Å². The van der Waals surface area contributed by atoms with Gasteiger partial charge in [-0.2, -0.15) is 0 Å². The van der Waals surface area contributed by atoms with Crippen LogP contribution < -0.4 is 10.2 Å². The number of nitrogens with zero attached hydrogens (tertiary/aromatic N) is 4. The van der Waals surface area contributed by atoms with Crippen molar-refractivity contribution in [2.75, 3.05) is 4.90 Å². The maximum atomic E-state index is 15.0. The molecule has 5 nitrogen and oxygen atoms in total. The van der Waals surface area contributed by atoms with Crippen molar-refractivity contribution in [2.24, 2.45) is 0 Å². The third-order valence-electron chi connectivity index (χ3n) is 6.23. The largest absolute Gasteiger partial charge is 0.351 e. The highest BCUT2D eigenvalue weighted by Crippen LogP contribution is 2.43. The van der Waals surface area contributed by atoms with Crippen molar-refractivity contribution in [1.29, 1.82) is 0 Å². The second kappa shape index (κ2) is 8.75. The van der Waals surface area contributed by atoms with Gasteiger partial charge in [0.1, 0.15) is 5.82 Å². The summed E-state index contributed by atoms with van der Waals surface area (Å²) >= 11 is 5.73. The Bertz CT molecular complexity index is 1290. The minimum absolute atomic E-state index is 0.215. The van der Waals surface area contributed by atoms with Crippen LogP contribution in [0.1, 0.15) is 40.3 Å². The summed E-state index contributed by atoms with van der Waals surface area (Å²) in [7, 11) is 0. The van der Waals surface area contributed by atoms with E-state index in [4.69, 9.17) is 12.2 Å². The van der Waals surface area contributed by atoms with Crippen LogP contribution in [0.2, 0.25) is 0 Å². The molecule has 1 aromatic carbocycles. The summed E-state index contributed by atoms with van der Waals surface area (Å²) in [6.45, 7) is 4.94. The molecule has 33 heavy (non-hydrogen) atoms. The van der Waals surface area contributed by atoms with Crippen molar-refractivity contribution in [3.63, 3.8) is 0 Å². The molecule has 3 aromatic heterocycles. The number of benzene rings is 1. The standard InChI is InChI=1S/C26H24FN5S/c1-17-15-20(18(2)31(17)16-19-10-13-28-14-11-19)25-24(22-8-5-6-12-29-22)30-26(33)32(25)23-9-4-3-7-21(23)27/h3-15,24-25H,16H2,1-2H3,(H,30,33)/t24-,25-/m1/s1. The number of aryl methyl sites for hydroxylation is 1. The molecule has 1 aliphatic heterocycles. The minimum Gasteiger partial charge on any atom is -0.351 e. The first-order valence-electron chi connectivity index (χ1n) is 10.9. The lowest BCUT2D eigenvalue weighted by atomic mass is 9.96. The quantitative estimate of drug-likeness (QED) is 0.414. The van der Waals surface area contributed by atoms with Gasteiger partial charge in [-0.25, -0.2) is 4.39 Å². The molecule has 1 N–H and O–H groups in total. The summed E-state index contributed by atoms with van der Waals surface area (Å²) < 4.78 is 17.2. The van der Waals surface area contributed by atoms with Gasteiger partial charge in [-0.05, 0) is 79.7 Å². The number of nitrogens with one attached hydrogen (secondary N) is 1. The van der Waals surface area contributed by atoms with Crippen LogP contribution in [0, 0.1) is 19.7 Å². The van der Waals surface area contributed by atoms with Crippen LogP contribution in [0.3, 0.4) is 0 Å². The molecule has 166 valence electrons. The first-order chi connectivity index (χ1) is 16.0. The summed E-state index contributed by atoms with van der Waals surface area (Å²) in [6.07, 6.45) is 5.39. The first-order valence-corrected chi connectivity index (χ1v) is 11.3. The normalized spacial score (nSPS) is 17.9. The Morgan fingerprint density at radius 1 is 1.00 bits per heavy atom. The summed E-state index contributed by atoms with van der Waals surface area (Å²) in [5.41, 5.74) is 5.83. The van der Waals surface area contributed by atoms with Crippen molar-refractivity contribution in [3.05, 3.63) is 113 Å². The fourth-order valence-electron chi connectivity index (χ4n) is 4.62. The van der Waals surface area contributed by atoms with E-state index in [1.54, 1.807) is 30.7 Å². The second-order valence-electron chi connectivity index (χ2n) is 8.22. The highest BCUT2D eigenvalue weighted by atomic mass is 32.1. The fraction of sp³-hybridized carbons (Fsp3) is 0.192. The number of rotatable bonds is 5. The monoisotopic (exact) mass is 457 g/mol. The first kappa shape index (κ1) is 21.3. The van der Waals surface area contributed by atoms with Crippen LogP contribution in [0.4, 0.5) is 10.1 Å². The molecule has 5 rings (SSSR count). The number of thiocarbonyl (C=S) groups is 1. The zero-order valence-electron chi connectivity index (χ0n) is 18.4. The van der Waals surface area contributed by atoms with Crippen molar-refractivity contribution in [2.45, 2.75) is 32.5 Å². The zero-order chi connectivity index (χ0) is 22.9. The molecular weight excluding hydrogens is 433 g/mol. The summed E-state index contributed by atoms with van der Waals surface area (Å²) in [5, 5.41) is 3.90. The van der Waals surface area contributed by atoms with E-state index in [9.17, 15) is 4.39 Å². The van der Waals surface area contributed by atoms with E-state index in [1.807, 2.05) is 41.3 Å². The highest BCUT2D eigenvalue weighted by Gasteiger charge is 2.43. The van der Waals surface area contributed by atoms with E-state index < -0.39 is 0 Å². The van der Waals surface area contributed by atoms with Crippen LogP contribution in [0.5, 0.6) is 0 Å². The number of halogens is 1. The van der Waals surface area contributed by atoms with Gasteiger partial charge in [-0.3, -0.25) is 9.97 Å². The summed E-state index contributed by atoms with van der Waals surface area (Å²) in [6, 6.07) is 18.4. The molecule has 0 unspecified atom stereocenters. The number of aromatic nitrogens is 3. The molecule has 0 bridgehead atoms. The van der Waals surface area contributed by atoms with Gasteiger partial charge < -0.3 is 14.8 Å². The molecule has 0 spiro atoms. The topological polar surface area (TPSA) is 46.0 Å². The molecule has 0 aliphatic carbocycles. The van der Waals surface area contributed by atoms with Crippen LogP contribution in [-0.4, -0.2) is 19.6 Å². The van der Waals surface area contributed by atoms with Crippen LogP contribution in [-0.2, 0) is 6.54 Å². The van der Waals surface area contributed by atoms with Crippen molar-refractivity contribution in [3.8, 4) is 0 Å². The lowest BCUT2D eigenvalue weighted by molar-refractivity contribution is 0.554. The third kappa shape index (κ3) is 3.89. The van der Waals surface area contributed by atoms with E-state index in [1.165, 1.54) is 11.6 Å². The van der Waals surface area contributed by atoms with Crippen LogP contribution >= 0.6 is 12.2 Å². The molecule has 4 heterocycles. The average Bonchev–Trinajstić information content (AvgIpc) is 3.31. The Kier molecular flexibility index (Phi) is 5.64. The highest BCUT2D eigenvalue weighted by molar-refractivity contribution is 7.80. The lowest BCUT2D eigenvalue weighted by Crippen LogP contribution is -2.30. The van der Waals surface area contributed by atoms with Gasteiger partial charge in [0.05, 0.1) is 23.5 Å². The summed E-state index contributed by atoms with van der Waals surface area (Å²) in [5.74, 6) is -0.307. The maximum absolute atomic E-state index is 15.0. The number of para-hydroxylation sites is 1. The van der Waals surface area contributed by atoms with Gasteiger partial charge in [0, 0.05) is 36.5 Å². The predicted molar refractivity (Wildman–Crippen MR) is 132 cm³/mol. The van der Waals surface area contributed by atoms with Crippen molar-refractivity contribution < 1.29 is 4.39 Å². The Hall–Kier alpha value is -3.58. The molecular formula is C26H24FN5S. The molecule has 0 saturated carbocycles. The minimum atomic E-state index is -0.307. The van der Waals surface area contributed by atoms with E-state index in [-0.39, 0.29) is 17.9 Å². The Morgan fingerprint density at radius 2 is 1.76 bits per heavy atom. The maximum Gasteiger partial charge on any atom is 0.174 e. The molecule has 1 fully saturated rings. The van der Waals surface area contributed by atoms with E-state index >= 15 is 0 Å². The fourth-order valence-corrected chi connectivity index (χ4v) is 4.96. The second-order valence-corrected chi connectivity index (χ2v) is 8.60. The van der Waals surface area contributed by atoms with E-state index in [0.717, 1.165) is 29.2 Å². The van der Waals surface area contributed by atoms with Gasteiger partial charge in [0.25, 0.3) is 0 Å². The number of anilines is 1. The Balaban J connectivity index is 1.64. The third-order valence-corrected chi connectivity index (χ3v) is 6.55. The van der Waals surface area contributed by atoms with Gasteiger partial charge in [0.15, 0.2) is 5.11 Å². The summed E-state index contributed by atoms with van der Waals surface area (Å²) in [4.78, 5) is 10.6. The predicted octanol–water partition coefficient (Wildman–Crippen LogP) is 5.26. The van der Waals surface area contributed by atoms with E-state index in [0.29, 0.717) is 10.8 Å². The molecule has 0 radical (unpaired) electrons. The number of pyridine rings is 2. The molecule has 4 aromatic rings. The SMILES string of the molecule is Cc1cc([C@@H]2[C@@H](c3ccccn3)NC(=S)N2c2ccccc2F)c(C)n1Cc1ccncc1. The molecule has 1 saturated heterocycles.